The second kappa shape index (κ2) is 13.5. The lowest BCUT2D eigenvalue weighted by Crippen LogP contribution is -2.23. The molecule has 1 aliphatic carbocycles. The molecule has 8 nitrogen and oxygen atoms in total. The van der Waals surface area contributed by atoms with E-state index in [2.05, 4.69) is 10.4 Å². The Hall–Kier alpha value is -3.17. The monoisotopic (exact) mass is 585 g/mol. The highest BCUT2D eigenvalue weighted by Crippen LogP contribution is 2.36. The number of aromatic nitrogens is 2. The summed E-state index contributed by atoms with van der Waals surface area (Å²) >= 11 is 6.32. The van der Waals surface area contributed by atoms with E-state index < -0.39 is 15.8 Å². The van der Waals surface area contributed by atoms with E-state index in [-0.39, 0.29) is 21.8 Å². The molecule has 1 fully saturated rings. The van der Waals surface area contributed by atoms with Crippen molar-refractivity contribution in [2.45, 2.75) is 68.7 Å². The van der Waals surface area contributed by atoms with E-state index in [4.69, 9.17) is 16.3 Å². The molecule has 1 aromatic heterocycles. The van der Waals surface area contributed by atoms with Crippen molar-refractivity contribution in [3.05, 3.63) is 76.4 Å². The van der Waals surface area contributed by atoms with E-state index in [1.807, 2.05) is 23.0 Å². The van der Waals surface area contributed by atoms with Gasteiger partial charge in [-0.15, -0.1) is 0 Å². The lowest BCUT2D eigenvalue weighted by Gasteiger charge is -2.21. The molecule has 214 valence electrons. The van der Waals surface area contributed by atoms with E-state index >= 15 is 0 Å². The average Bonchev–Trinajstić information content (AvgIpc) is 3.61. The van der Waals surface area contributed by atoms with Gasteiger partial charge in [0.15, 0.2) is 15.7 Å². The summed E-state index contributed by atoms with van der Waals surface area (Å²) in [5, 5.41) is 7.63. The van der Waals surface area contributed by atoms with Gasteiger partial charge in [0.25, 0.3) is 0 Å². The Morgan fingerprint density at radius 2 is 1.82 bits per heavy atom. The molecule has 1 heterocycles. The number of anilines is 1. The van der Waals surface area contributed by atoms with Gasteiger partial charge in [0.05, 0.1) is 28.5 Å². The maximum absolute atomic E-state index is 13.5. The number of hydrogen-bond acceptors (Lipinski definition) is 6. The van der Waals surface area contributed by atoms with Crippen LogP contribution < -0.4 is 5.32 Å². The molecule has 0 spiro atoms. The number of ether oxygens (including phenoxy) is 1. The Balaban J connectivity index is 1.35. The molecule has 0 aliphatic heterocycles. The van der Waals surface area contributed by atoms with Crippen molar-refractivity contribution in [2.75, 3.05) is 18.7 Å². The molecular formula is C30H36ClN3O5S. The molecule has 2 aromatic carbocycles. The van der Waals surface area contributed by atoms with Crippen LogP contribution in [0.15, 0.2) is 59.6 Å². The van der Waals surface area contributed by atoms with E-state index in [0.717, 1.165) is 56.8 Å². The number of amides is 1. The van der Waals surface area contributed by atoms with Crippen molar-refractivity contribution in [3.8, 4) is 0 Å². The Morgan fingerprint density at radius 1 is 1.10 bits per heavy atom. The zero-order valence-electron chi connectivity index (χ0n) is 22.9. The lowest BCUT2D eigenvalue weighted by molar-refractivity contribution is -0.118. The van der Waals surface area contributed by atoms with Crippen LogP contribution in [-0.2, 0) is 32.3 Å². The minimum Gasteiger partial charge on any atom is -0.465 e. The molecule has 40 heavy (non-hydrogen) atoms. The molecule has 0 bridgehead atoms. The predicted molar refractivity (Wildman–Crippen MR) is 155 cm³/mol. The van der Waals surface area contributed by atoms with Gasteiger partial charge in [-0.1, -0.05) is 55.5 Å². The summed E-state index contributed by atoms with van der Waals surface area (Å²) in [6.07, 6.45) is 10.9. The Kier molecular flexibility index (Phi) is 10.0. The smallest absolute Gasteiger partial charge is 0.337 e. The molecule has 1 amide bonds. The van der Waals surface area contributed by atoms with Crippen molar-refractivity contribution >= 4 is 39.1 Å². The fraction of sp³-hybridized carbons (Fsp3) is 0.433. The number of hydrogen-bond donors (Lipinski definition) is 1. The Bertz CT molecular complexity index is 1430. The minimum atomic E-state index is -3.46. The minimum absolute atomic E-state index is 0.0647. The van der Waals surface area contributed by atoms with Gasteiger partial charge in [-0.25, -0.2) is 13.2 Å². The highest BCUT2D eigenvalue weighted by atomic mass is 35.5. The van der Waals surface area contributed by atoms with Crippen LogP contribution in [0.1, 0.15) is 72.3 Å². The van der Waals surface area contributed by atoms with Crippen LogP contribution in [0.3, 0.4) is 0 Å². The van der Waals surface area contributed by atoms with E-state index in [1.165, 1.54) is 13.2 Å². The summed E-state index contributed by atoms with van der Waals surface area (Å²) in [5.74, 6) is -0.0377. The summed E-state index contributed by atoms with van der Waals surface area (Å²) in [6, 6.07) is 14.0. The molecule has 4 rings (SSSR count). The summed E-state index contributed by atoms with van der Waals surface area (Å²) in [7, 11) is -2.09. The molecule has 1 N–H and O–H groups in total. The normalized spacial score (nSPS) is 14.7. The number of nitrogens with one attached hydrogen (secondary N) is 1. The maximum Gasteiger partial charge on any atom is 0.337 e. The van der Waals surface area contributed by atoms with Gasteiger partial charge in [-0.2, -0.15) is 5.10 Å². The zero-order chi connectivity index (χ0) is 28.7. The fourth-order valence-electron chi connectivity index (χ4n) is 5.30. The first-order valence-electron chi connectivity index (χ1n) is 13.6. The van der Waals surface area contributed by atoms with Gasteiger partial charge in [-0.05, 0) is 67.0 Å². The van der Waals surface area contributed by atoms with Gasteiger partial charge in [0.2, 0.25) is 5.91 Å². The van der Waals surface area contributed by atoms with E-state index in [0.29, 0.717) is 35.8 Å². The largest absolute Gasteiger partial charge is 0.465 e. The molecule has 0 radical (unpaired) electrons. The highest BCUT2D eigenvalue weighted by molar-refractivity contribution is 7.90. The highest BCUT2D eigenvalue weighted by Gasteiger charge is 2.28. The number of methoxy groups -OCH3 is 1. The molecular weight excluding hydrogens is 550 g/mol. The molecule has 10 heteroatoms. The van der Waals surface area contributed by atoms with Crippen LogP contribution in [0.5, 0.6) is 0 Å². The fourth-order valence-corrected chi connectivity index (χ4v) is 6.64. The first kappa shape index (κ1) is 29.8. The first-order chi connectivity index (χ1) is 19.1. The molecule has 3 aromatic rings. The molecule has 1 aliphatic rings. The van der Waals surface area contributed by atoms with Crippen LogP contribution in [0.2, 0.25) is 5.02 Å². The van der Waals surface area contributed by atoms with Gasteiger partial charge in [0, 0.05) is 25.1 Å². The van der Waals surface area contributed by atoms with Crippen molar-refractivity contribution in [3.63, 3.8) is 0 Å². The van der Waals surface area contributed by atoms with Crippen LogP contribution in [0.25, 0.3) is 0 Å². The Labute approximate surface area is 241 Å². The maximum atomic E-state index is 13.5. The number of esters is 1. The Morgan fingerprint density at radius 3 is 2.48 bits per heavy atom. The second-order valence-electron chi connectivity index (χ2n) is 10.5. The second-order valence-corrected chi connectivity index (χ2v) is 12.9. The number of rotatable bonds is 12. The predicted octanol–water partition coefficient (Wildman–Crippen LogP) is 6.05. The number of aryl methyl sites for hydroxylation is 2. The summed E-state index contributed by atoms with van der Waals surface area (Å²) in [6.45, 7) is 0.712. The number of carbonyl (C=O) groups is 2. The summed E-state index contributed by atoms with van der Waals surface area (Å²) in [4.78, 5) is 25.1. The van der Waals surface area contributed by atoms with Gasteiger partial charge < -0.3 is 10.1 Å². The quantitative estimate of drug-likeness (QED) is 0.205. The molecule has 1 saturated carbocycles. The number of halogens is 1. The molecule has 0 saturated heterocycles. The summed E-state index contributed by atoms with van der Waals surface area (Å²) in [5.41, 5.74) is 2.40. The third-order valence-electron chi connectivity index (χ3n) is 7.49. The third-order valence-corrected chi connectivity index (χ3v) is 9.07. The van der Waals surface area contributed by atoms with Crippen molar-refractivity contribution in [2.24, 2.45) is 5.92 Å². The third kappa shape index (κ3) is 7.95. The zero-order valence-corrected chi connectivity index (χ0v) is 24.5. The van der Waals surface area contributed by atoms with Crippen LogP contribution in [0, 0.1) is 5.92 Å². The van der Waals surface area contributed by atoms with Gasteiger partial charge in [-0.3, -0.25) is 9.48 Å². The van der Waals surface area contributed by atoms with E-state index in [9.17, 15) is 18.0 Å². The number of unbranched alkanes of at least 4 members (excludes halogenated alkanes) is 1. The lowest BCUT2D eigenvalue weighted by atomic mass is 9.87. The number of nitrogens with zero attached hydrogens (tertiary/aromatic N) is 2. The number of sulfone groups is 1. The topological polar surface area (TPSA) is 107 Å². The van der Waals surface area contributed by atoms with Crippen molar-refractivity contribution in [1.82, 2.24) is 9.78 Å². The van der Waals surface area contributed by atoms with Gasteiger partial charge >= 0.3 is 5.97 Å². The SMILES string of the molecule is COC(=O)c1ccc(CCCCn2ccc(NC(=O)[C@H](CC3CCCC3)c3ccc(S(C)(=O)=O)c(Cl)c3)n2)cc1. The van der Waals surface area contributed by atoms with Crippen LogP contribution >= 0.6 is 11.6 Å². The average molecular weight is 586 g/mol. The van der Waals surface area contributed by atoms with Crippen LogP contribution in [0.4, 0.5) is 5.82 Å². The van der Waals surface area contributed by atoms with Crippen molar-refractivity contribution in [1.29, 1.82) is 0 Å². The standard InChI is InChI=1S/C30H36ClN3O5S/c1-39-30(36)23-12-10-21(11-13-23)7-5-6-17-34-18-16-28(33-34)32-29(35)25(19-22-8-3-4-9-22)24-14-15-27(26(31)20-24)40(2,37)38/h10-16,18,20,22,25H,3-9,17,19H2,1-2H3,(H,32,33,35)/t25-/m1/s1. The summed E-state index contributed by atoms with van der Waals surface area (Å²) < 4.78 is 30.6. The number of benzene rings is 2. The number of carbonyl (C=O) groups excluding carboxylic acids is 2. The first-order valence-corrected chi connectivity index (χ1v) is 15.9. The van der Waals surface area contributed by atoms with E-state index in [1.54, 1.807) is 30.3 Å². The van der Waals surface area contributed by atoms with Crippen LogP contribution in [-0.4, -0.2) is 43.4 Å². The van der Waals surface area contributed by atoms with Crippen molar-refractivity contribution < 1.29 is 22.7 Å². The molecule has 1 atom stereocenters. The van der Waals surface area contributed by atoms with Gasteiger partial charge in [0.1, 0.15) is 0 Å². The molecule has 0 unspecified atom stereocenters.